The molecule has 0 bridgehead atoms. The molecule has 0 aromatic carbocycles. The van der Waals surface area contributed by atoms with Gasteiger partial charge in [0, 0.05) is 0 Å². The monoisotopic (exact) mass is 348 g/mol. The smallest absolute Gasteiger partial charge is 0.417 e. The van der Waals surface area contributed by atoms with E-state index in [1.54, 1.807) is 0 Å². The number of carbonyl (C=O) groups is 2. The van der Waals surface area contributed by atoms with Crippen LogP contribution in [0.1, 0.15) is 0 Å². The van der Waals surface area contributed by atoms with Crippen molar-refractivity contribution < 1.29 is 28.3 Å². The van der Waals surface area contributed by atoms with Crippen molar-refractivity contribution in [2.24, 2.45) is 0 Å². The predicted octanol–water partition coefficient (Wildman–Crippen LogP) is 2.02. The average molecular weight is 349 g/mol. The number of amides is 2. The Kier molecular flexibility index (Phi) is 6.53. The van der Waals surface area contributed by atoms with Crippen LogP contribution in [-0.4, -0.2) is 54.7 Å². The standard InChI is InChI=1S/C6H8ClN2O5P.BClHOP/c7-15(12,8-1-3-13-5(8)10)9-2-4-14-6(9)11;2-4-1-3/h1-4H2;4H. The molecule has 0 radical (unpaired) electrons. The van der Waals surface area contributed by atoms with Crippen molar-refractivity contribution in [3.63, 3.8) is 0 Å². The van der Waals surface area contributed by atoms with Crippen LogP contribution in [0.5, 0.6) is 0 Å². The van der Waals surface area contributed by atoms with Crippen LogP contribution < -0.4 is 0 Å². The van der Waals surface area contributed by atoms with E-state index < -0.39 is 19.0 Å². The molecule has 0 aromatic rings. The number of carbonyl (C=O) groups excluding carboxylic acids is 2. The van der Waals surface area contributed by atoms with Gasteiger partial charge < -0.3 is 9.47 Å². The van der Waals surface area contributed by atoms with Gasteiger partial charge in [-0.3, -0.25) is 4.57 Å². The number of rotatable bonds is 3. The van der Waals surface area contributed by atoms with Gasteiger partial charge >= 0.3 is 49.6 Å². The molecule has 1 unspecified atom stereocenters. The van der Waals surface area contributed by atoms with Gasteiger partial charge in [0.1, 0.15) is 13.2 Å². The van der Waals surface area contributed by atoms with E-state index in [1.165, 1.54) is 0 Å². The van der Waals surface area contributed by atoms with Gasteiger partial charge in [0.15, 0.2) is 0 Å². The first-order valence-corrected chi connectivity index (χ1v) is 9.55. The fraction of sp³-hybridized carbons (Fsp3) is 0.667. The molecule has 2 heterocycles. The van der Waals surface area contributed by atoms with Crippen LogP contribution >= 0.6 is 37.1 Å². The molecular weight excluding hydrogens is 340 g/mol. The summed E-state index contributed by atoms with van der Waals surface area (Å²) in [5, 5.41) is 0. The fourth-order valence-electron chi connectivity index (χ4n) is 1.35. The van der Waals surface area contributed by atoms with E-state index in [0.717, 1.165) is 9.34 Å². The van der Waals surface area contributed by atoms with Crippen molar-refractivity contribution in [1.29, 1.82) is 0 Å². The van der Waals surface area contributed by atoms with Crippen molar-refractivity contribution in [3.8, 4) is 0 Å². The van der Waals surface area contributed by atoms with Gasteiger partial charge in [-0.2, -0.15) is 0 Å². The Hall–Kier alpha value is -0.355. The first-order valence-electron chi connectivity index (χ1n) is 4.94. The predicted molar refractivity (Wildman–Crippen MR) is 70.2 cm³/mol. The van der Waals surface area contributed by atoms with Crippen molar-refractivity contribution in [2.75, 3.05) is 26.3 Å². The minimum atomic E-state index is -3.71. The second-order valence-electron chi connectivity index (χ2n) is 3.17. The first kappa shape index (κ1) is 16.7. The Bertz CT molecular complexity index is 397. The van der Waals surface area contributed by atoms with E-state index >= 15 is 0 Å². The molecule has 1 atom stereocenters. The number of ether oxygens (including phenoxy) is 2. The second-order valence-corrected chi connectivity index (χ2v) is 7.52. The van der Waals surface area contributed by atoms with Crippen LogP contribution in [-0.2, 0) is 18.7 Å². The van der Waals surface area contributed by atoms with Gasteiger partial charge in [-0.05, 0) is 11.2 Å². The molecule has 0 aliphatic carbocycles. The molecule has 2 rings (SSSR count). The van der Waals surface area contributed by atoms with Gasteiger partial charge in [0.2, 0.25) is 0 Å². The minimum absolute atomic E-state index is 0.0679. The number of hydrogen-bond donors (Lipinski definition) is 0. The van der Waals surface area contributed by atoms with E-state index in [-0.39, 0.29) is 34.1 Å². The molecule has 2 aliphatic rings. The summed E-state index contributed by atoms with van der Waals surface area (Å²) < 4.78 is 32.0. The van der Waals surface area contributed by atoms with Gasteiger partial charge in [-0.1, -0.05) is 0 Å². The Morgan fingerprint density at radius 3 is 1.74 bits per heavy atom. The topological polar surface area (TPSA) is 93.2 Å². The van der Waals surface area contributed by atoms with E-state index in [4.69, 9.17) is 27.2 Å². The third kappa shape index (κ3) is 4.05. The van der Waals surface area contributed by atoms with E-state index in [2.05, 4.69) is 9.47 Å². The van der Waals surface area contributed by atoms with Crippen LogP contribution in [0.25, 0.3) is 0 Å². The van der Waals surface area contributed by atoms with E-state index in [9.17, 15) is 14.2 Å². The molecule has 106 valence electrons. The molecule has 0 N–H and O–H groups in total. The van der Waals surface area contributed by atoms with Crippen molar-refractivity contribution >= 4 is 56.1 Å². The molecule has 8 nitrogen and oxygen atoms in total. The van der Waals surface area contributed by atoms with E-state index in [0.29, 0.717) is 6.87 Å². The average Bonchev–Trinajstić information content (AvgIpc) is 2.98. The van der Waals surface area contributed by atoms with Crippen LogP contribution in [0.15, 0.2) is 0 Å². The van der Waals surface area contributed by atoms with Crippen molar-refractivity contribution in [3.05, 3.63) is 0 Å². The molecule has 13 heteroatoms. The zero-order chi connectivity index (χ0) is 14.5. The second kappa shape index (κ2) is 7.43. The minimum Gasteiger partial charge on any atom is -0.447 e. The van der Waals surface area contributed by atoms with Crippen LogP contribution in [0, 0.1) is 0 Å². The molecule has 2 saturated heterocycles. The SMILES string of the molecule is O=BPCl.O=C1OCCN1P(=O)(Cl)N1CCOC1=O. The zero-order valence-corrected chi connectivity index (χ0v) is 12.9. The van der Waals surface area contributed by atoms with Crippen LogP contribution in [0.4, 0.5) is 9.59 Å². The summed E-state index contributed by atoms with van der Waals surface area (Å²) in [5.74, 6) is 0. The summed E-state index contributed by atoms with van der Waals surface area (Å²) in [6, 6.07) is 0. The number of nitrogens with zero attached hydrogens (tertiary/aromatic N) is 2. The number of cyclic esters (lactones) is 2. The quantitative estimate of drug-likeness (QED) is 0.572. The first-order chi connectivity index (χ1) is 8.95. The van der Waals surface area contributed by atoms with Crippen LogP contribution in [0.3, 0.4) is 0 Å². The summed E-state index contributed by atoms with van der Waals surface area (Å²) in [5.41, 5.74) is 0. The van der Waals surface area contributed by atoms with Crippen LogP contribution in [0.2, 0.25) is 0 Å². The molecule has 0 spiro atoms. The Labute approximate surface area is 120 Å². The van der Waals surface area contributed by atoms with Crippen molar-refractivity contribution in [1.82, 2.24) is 9.34 Å². The molecule has 2 fully saturated rings. The number of hydrogen-bond acceptors (Lipinski definition) is 6. The maximum atomic E-state index is 12.1. The summed E-state index contributed by atoms with van der Waals surface area (Å²) in [6.07, 6.45) is -1.54. The Balaban J connectivity index is 0.000000399. The Morgan fingerprint density at radius 2 is 1.53 bits per heavy atom. The van der Waals surface area contributed by atoms with Gasteiger partial charge in [-0.25, -0.2) is 18.9 Å². The third-order valence-corrected chi connectivity index (χ3v) is 5.49. The van der Waals surface area contributed by atoms with E-state index in [1.807, 2.05) is 0 Å². The normalized spacial score (nSPS) is 19.1. The molecule has 0 saturated carbocycles. The van der Waals surface area contributed by atoms with Gasteiger partial charge in [-0.15, -0.1) is 0 Å². The summed E-state index contributed by atoms with van der Waals surface area (Å²) in [4.78, 5) is 22.3. The molecule has 0 aromatic heterocycles. The molecule has 2 amide bonds. The fourth-order valence-corrected chi connectivity index (χ4v) is 3.61. The zero-order valence-electron chi connectivity index (χ0n) is 9.45. The molecule has 2 aliphatic heterocycles. The van der Waals surface area contributed by atoms with Gasteiger partial charge in [0.25, 0.3) is 0 Å². The Morgan fingerprint density at radius 1 is 1.16 bits per heavy atom. The maximum Gasteiger partial charge on any atom is 0.417 e. The summed E-state index contributed by atoms with van der Waals surface area (Å²) in [7, 11) is -0.0679. The molecular formula is C6H9BCl2N2O6P2. The third-order valence-electron chi connectivity index (χ3n) is 2.12. The maximum absolute atomic E-state index is 12.1. The largest absolute Gasteiger partial charge is 0.447 e. The number of halogens is 2. The summed E-state index contributed by atoms with van der Waals surface area (Å²) in [6.45, 7) is -2.57. The van der Waals surface area contributed by atoms with Gasteiger partial charge in [0.05, 0.1) is 13.1 Å². The summed E-state index contributed by atoms with van der Waals surface area (Å²) >= 11 is 10.6. The van der Waals surface area contributed by atoms with Crippen molar-refractivity contribution in [2.45, 2.75) is 0 Å². The molecule has 19 heavy (non-hydrogen) atoms.